The first kappa shape index (κ1) is 14.5. The number of hydrogen-bond acceptors (Lipinski definition) is 2. The normalized spacial score (nSPS) is 12.2. The summed E-state index contributed by atoms with van der Waals surface area (Å²) >= 11 is 5.78. The summed E-state index contributed by atoms with van der Waals surface area (Å²) in [6, 6.07) is 6.39. The third-order valence-corrected chi connectivity index (χ3v) is 2.79. The number of nitrogens with two attached hydrogens (primary N) is 1. The highest BCUT2D eigenvalue weighted by molar-refractivity contribution is 6.30. The molecule has 0 radical (unpaired) electrons. The topological polar surface area (TPSA) is 72.2 Å². The van der Waals surface area contributed by atoms with Crippen molar-refractivity contribution in [2.45, 2.75) is 26.3 Å². The monoisotopic (exact) mass is 268 g/mol. The molecular weight excluding hydrogens is 252 g/mol. The lowest BCUT2D eigenvalue weighted by Gasteiger charge is -2.17. The van der Waals surface area contributed by atoms with Crippen LogP contribution in [-0.2, 0) is 16.0 Å². The smallest absolute Gasteiger partial charge is 0.240 e. The van der Waals surface area contributed by atoms with Crippen molar-refractivity contribution < 1.29 is 9.59 Å². The summed E-state index contributed by atoms with van der Waals surface area (Å²) < 4.78 is 0. The average molecular weight is 269 g/mol. The van der Waals surface area contributed by atoms with Crippen molar-refractivity contribution in [1.82, 2.24) is 5.32 Å². The predicted octanol–water partition coefficient (Wildman–Crippen LogP) is 1.51. The molecule has 1 atom stereocenters. The van der Waals surface area contributed by atoms with Gasteiger partial charge in [-0.1, -0.05) is 37.6 Å². The molecule has 1 rings (SSSR count). The fourth-order valence-electron chi connectivity index (χ4n) is 1.42. The second kappa shape index (κ2) is 6.40. The zero-order valence-corrected chi connectivity index (χ0v) is 11.2. The SMILES string of the molecule is CC(C)C(=O)N[C@H](Cc1ccc(Cl)cc1)C(N)=O. The number of amides is 2. The summed E-state index contributed by atoms with van der Waals surface area (Å²) in [5.41, 5.74) is 6.18. The van der Waals surface area contributed by atoms with Crippen LogP contribution in [0.25, 0.3) is 0 Å². The van der Waals surface area contributed by atoms with Gasteiger partial charge in [-0.3, -0.25) is 9.59 Å². The Morgan fingerprint density at radius 1 is 1.28 bits per heavy atom. The Morgan fingerprint density at radius 3 is 2.28 bits per heavy atom. The van der Waals surface area contributed by atoms with E-state index in [1.807, 2.05) is 0 Å². The van der Waals surface area contributed by atoms with Crippen LogP contribution in [0.3, 0.4) is 0 Å². The Hall–Kier alpha value is -1.55. The number of primary amides is 1. The molecule has 98 valence electrons. The molecule has 0 aliphatic rings. The molecule has 0 unspecified atom stereocenters. The summed E-state index contributed by atoms with van der Waals surface area (Å²) in [7, 11) is 0. The van der Waals surface area contributed by atoms with Crippen molar-refractivity contribution in [3.05, 3.63) is 34.9 Å². The highest BCUT2D eigenvalue weighted by Gasteiger charge is 2.19. The molecule has 0 spiro atoms. The van der Waals surface area contributed by atoms with Crippen LogP contribution in [0.4, 0.5) is 0 Å². The standard InChI is InChI=1S/C13H17ClN2O2/c1-8(2)13(18)16-11(12(15)17)7-9-3-5-10(14)6-4-9/h3-6,8,11H,7H2,1-2H3,(H2,15,17)(H,16,18)/t11-/m1/s1. The van der Waals surface area contributed by atoms with E-state index in [-0.39, 0.29) is 11.8 Å². The summed E-state index contributed by atoms with van der Waals surface area (Å²) in [4.78, 5) is 22.9. The van der Waals surface area contributed by atoms with E-state index >= 15 is 0 Å². The summed E-state index contributed by atoms with van der Waals surface area (Å²) in [5, 5.41) is 3.26. The van der Waals surface area contributed by atoms with E-state index in [1.165, 1.54) is 0 Å². The molecule has 0 saturated carbocycles. The van der Waals surface area contributed by atoms with E-state index in [4.69, 9.17) is 17.3 Å². The Balaban J connectivity index is 2.72. The first-order valence-corrected chi connectivity index (χ1v) is 6.12. The number of nitrogens with one attached hydrogen (secondary N) is 1. The molecule has 0 aliphatic heterocycles. The van der Waals surface area contributed by atoms with Crippen LogP contribution in [0.1, 0.15) is 19.4 Å². The van der Waals surface area contributed by atoms with Gasteiger partial charge in [0.2, 0.25) is 11.8 Å². The minimum Gasteiger partial charge on any atom is -0.368 e. The lowest BCUT2D eigenvalue weighted by Crippen LogP contribution is -2.47. The quantitative estimate of drug-likeness (QED) is 0.850. The van der Waals surface area contributed by atoms with Gasteiger partial charge in [0, 0.05) is 17.4 Å². The van der Waals surface area contributed by atoms with Gasteiger partial charge in [0.05, 0.1) is 0 Å². The van der Waals surface area contributed by atoms with Gasteiger partial charge in [-0.25, -0.2) is 0 Å². The Morgan fingerprint density at radius 2 is 1.83 bits per heavy atom. The Bertz CT molecular complexity index is 429. The minimum atomic E-state index is -0.693. The minimum absolute atomic E-state index is 0.183. The highest BCUT2D eigenvalue weighted by atomic mass is 35.5. The van der Waals surface area contributed by atoms with Crippen molar-refractivity contribution in [3.63, 3.8) is 0 Å². The van der Waals surface area contributed by atoms with Gasteiger partial charge >= 0.3 is 0 Å². The van der Waals surface area contributed by atoms with E-state index in [1.54, 1.807) is 38.1 Å². The van der Waals surface area contributed by atoms with Crippen molar-refractivity contribution in [2.75, 3.05) is 0 Å². The van der Waals surface area contributed by atoms with Gasteiger partial charge in [-0.15, -0.1) is 0 Å². The molecular formula is C13H17ClN2O2. The second-order valence-electron chi connectivity index (χ2n) is 4.45. The van der Waals surface area contributed by atoms with Crippen LogP contribution in [-0.4, -0.2) is 17.9 Å². The molecule has 2 amide bonds. The molecule has 1 aromatic rings. The van der Waals surface area contributed by atoms with Crippen molar-refractivity contribution in [3.8, 4) is 0 Å². The van der Waals surface area contributed by atoms with Crippen molar-refractivity contribution in [1.29, 1.82) is 0 Å². The van der Waals surface area contributed by atoms with Crippen LogP contribution in [0.15, 0.2) is 24.3 Å². The summed E-state index contributed by atoms with van der Waals surface area (Å²) in [5.74, 6) is -0.913. The number of halogens is 1. The van der Waals surface area contributed by atoms with Gasteiger partial charge < -0.3 is 11.1 Å². The first-order valence-electron chi connectivity index (χ1n) is 5.74. The number of rotatable bonds is 5. The van der Waals surface area contributed by atoms with Crippen LogP contribution < -0.4 is 11.1 Å². The van der Waals surface area contributed by atoms with Crippen molar-refractivity contribution in [2.24, 2.45) is 11.7 Å². The van der Waals surface area contributed by atoms with Gasteiger partial charge in [0.25, 0.3) is 0 Å². The molecule has 0 fully saturated rings. The van der Waals surface area contributed by atoms with Gasteiger partial charge in [0.15, 0.2) is 0 Å². The zero-order valence-electron chi connectivity index (χ0n) is 10.4. The number of hydrogen-bond donors (Lipinski definition) is 2. The predicted molar refractivity (Wildman–Crippen MR) is 71.1 cm³/mol. The largest absolute Gasteiger partial charge is 0.368 e. The van der Waals surface area contributed by atoms with E-state index in [0.717, 1.165) is 5.56 Å². The Labute approximate surface area is 112 Å². The van der Waals surface area contributed by atoms with E-state index < -0.39 is 11.9 Å². The average Bonchev–Trinajstić information content (AvgIpc) is 2.30. The lowest BCUT2D eigenvalue weighted by molar-refractivity contribution is -0.129. The fraction of sp³-hybridized carbons (Fsp3) is 0.385. The molecule has 4 nitrogen and oxygen atoms in total. The highest BCUT2D eigenvalue weighted by Crippen LogP contribution is 2.11. The van der Waals surface area contributed by atoms with Gasteiger partial charge in [-0.05, 0) is 17.7 Å². The van der Waals surface area contributed by atoms with Crippen LogP contribution in [0, 0.1) is 5.92 Å². The molecule has 0 bridgehead atoms. The van der Waals surface area contributed by atoms with Crippen LogP contribution >= 0.6 is 11.6 Å². The van der Waals surface area contributed by atoms with E-state index in [2.05, 4.69) is 5.32 Å². The molecule has 0 heterocycles. The van der Waals surface area contributed by atoms with Gasteiger partial charge in [-0.2, -0.15) is 0 Å². The molecule has 0 aromatic heterocycles. The molecule has 0 saturated heterocycles. The van der Waals surface area contributed by atoms with E-state index in [0.29, 0.717) is 11.4 Å². The number of benzene rings is 1. The maximum absolute atomic E-state index is 11.6. The van der Waals surface area contributed by atoms with Crippen LogP contribution in [0.5, 0.6) is 0 Å². The second-order valence-corrected chi connectivity index (χ2v) is 4.89. The molecule has 1 aromatic carbocycles. The molecule has 5 heteroatoms. The van der Waals surface area contributed by atoms with Gasteiger partial charge in [0.1, 0.15) is 6.04 Å². The summed E-state index contributed by atoms with van der Waals surface area (Å²) in [6.45, 7) is 3.52. The zero-order chi connectivity index (χ0) is 13.7. The molecule has 18 heavy (non-hydrogen) atoms. The molecule has 0 aliphatic carbocycles. The lowest BCUT2D eigenvalue weighted by atomic mass is 10.0. The maximum atomic E-state index is 11.6. The third-order valence-electron chi connectivity index (χ3n) is 2.54. The maximum Gasteiger partial charge on any atom is 0.240 e. The summed E-state index contributed by atoms with van der Waals surface area (Å²) in [6.07, 6.45) is 0.366. The van der Waals surface area contributed by atoms with Crippen LogP contribution in [0.2, 0.25) is 5.02 Å². The van der Waals surface area contributed by atoms with Crippen molar-refractivity contribution >= 4 is 23.4 Å². The van der Waals surface area contributed by atoms with E-state index in [9.17, 15) is 9.59 Å². The molecule has 3 N–H and O–H groups in total. The Kier molecular flexibility index (Phi) is 5.16. The number of carbonyl (C=O) groups excluding carboxylic acids is 2. The third kappa shape index (κ3) is 4.37. The number of carbonyl (C=O) groups is 2. The first-order chi connectivity index (χ1) is 8.40. The fourth-order valence-corrected chi connectivity index (χ4v) is 1.54.